The van der Waals surface area contributed by atoms with Crippen molar-refractivity contribution in [3.05, 3.63) is 106 Å². The zero-order valence-electron chi connectivity index (χ0n) is 19.8. The zero-order valence-corrected chi connectivity index (χ0v) is 19.8. The highest BCUT2D eigenvalue weighted by Crippen LogP contribution is 2.37. The molecule has 1 aliphatic rings. The summed E-state index contributed by atoms with van der Waals surface area (Å²) in [5.41, 5.74) is 4.93. The van der Waals surface area contributed by atoms with Gasteiger partial charge in [-0.2, -0.15) is 5.10 Å². The van der Waals surface area contributed by atoms with Gasteiger partial charge in [-0.25, -0.2) is 5.01 Å². The van der Waals surface area contributed by atoms with Gasteiger partial charge in [0.25, 0.3) is 5.56 Å². The van der Waals surface area contributed by atoms with E-state index in [1.165, 1.54) is 5.01 Å². The highest BCUT2D eigenvalue weighted by Gasteiger charge is 2.35. The molecule has 0 saturated heterocycles. The molecule has 1 unspecified atom stereocenters. The van der Waals surface area contributed by atoms with Gasteiger partial charge < -0.3 is 10.1 Å². The number of pyridine rings is 1. The molecule has 0 fully saturated rings. The van der Waals surface area contributed by atoms with E-state index in [2.05, 4.69) is 10.1 Å². The molecule has 1 aromatic heterocycles. The van der Waals surface area contributed by atoms with Crippen molar-refractivity contribution in [3.63, 3.8) is 0 Å². The van der Waals surface area contributed by atoms with E-state index in [0.29, 0.717) is 17.7 Å². The zero-order chi connectivity index (χ0) is 25.2. The molecule has 1 atom stereocenters. The number of rotatable bonds is 6. The number of benzene rings is 3. The largest absolute Gasteiger partial charge is 0.481 e. The molecule has 180 valence electrons. The van der Waals surface area contributed by atoms with Crippen molar-refractivity contribution in [3.8, 4) is 11.1 Å². The highest BCUT2D eigenvalue weighted by molar-refractivity contribution is 6.13. The first-order valence-corrected chi connectivity index (χ1v) is 11.8. The first kappa shape index (κ1) is 23.2. The van der Waals surface area contributed by atoms with Crippen LogP contribution in [0.4, 0.5) is 0 Å². The van der Waals surface area contributed by atoms with Crippen LogP contribution in [0.25, 0.3) is 22.0 Å². The number of fused-ring (bicyclic) bond motifs is 1. The van der Waals surface area contributed by atoms with Crippen LogP contribution in [0.1, 0.15) is 42.0 Å². The minimum Gasteiger partial charge on any atom is -0.481 e. The molecule has 0 bridgehead atoms. The summed E-state index contributed by atoms with van der Waals surface area (Å²) < 4.78 is 0. The summed E-state index contributed by atoms with van der Waals surface area (Å²) in [7, 11) is 0. The van der Waals surface area contributed by atoms with Crippen LogP contribution in [-0.2, 0) is 9.59 Å². The van der Waals surface area contributed by atoms with Gasteiger partial charge in [-0.15, -0.1) is 0 Å². The number of hydrogen-bond donors (Lipinski definition) is 2. The molecule has 4 aromatic rings. The van der Waals surface area contributed by atoms with Crippen molar-refractivity contribution in [1.82, 2.24) is 9.99 Å². The Balaban J connectivity index is 1.70. The predicted molar refractivity (Wildman–Crippen MR) is 139 cm³/mol. The van der Waals surface area contributed by atoms with Crippen molar-refractivity contribution in [2.75, 3.05) is 0 Å². The molecule has 0 aliphatic carbocycles. The summed E-state index contributed by atoms with van der Waals surface area (Å²) in [6.07, 6.45) is -0.121. The first-order chi connectivity index (χ1) is 17.4. The van der Waals surface area contributed by atoms with E-state index in [0.717, 1.165) is 33.2 Å². The van der Waals surface area contributed by atoms with Crippen LogP contribution < -0.4 is 5.56 Å². The molecule has 36 heavy (non-hydrogen) atoms. The maximum Gasteiger partial charge on any atom is 0.303 e. The first-order valence-electron chi connectivity index (χ1n) is 11.8. The summed E-state index contributed by atoms with van der Waals surface area (Å²) in [6.45, 7) is 2.00. The molecule has 0 spiro atoms. The van der Waals surface area contributed by atoms with E-state index in [4.69, 9.17) is 5.11 Å². The number of carbonyl (C=O) groups is 2. The number of carboxylic acid groups (broad SMARTS) is 1. The van der Waals surface area contributed by atoms with Gasteiger partial charge in [0.1, 0.15) is 0 Å². The number of carbonyl (C=O) groups excluding carboxylic acids is 1. The normalized spacial score (nSPS) is 15.2. The van der Waals surface area contributed by atoms with Crippen molar-refractivity contribution >= 4 is 28.5 Å². The Kier molecular flexibility index (Phi) is 6.21. The summed E-state index contributed by atoms with van der Waals surface area (Å²) in [6, 6.07) is 24.6. The Morgan fingerprint density at radius 3 is 2.36 bits per heavy atom. The molecule has 5 rings (SSSR count). The summed E-state index contributed by atoms with van der Waals surface area (Å²) >= 11 is 0. The van der Waals surface area contributed by atoms with Gasteiger partial charge in [0, 0.05) is 29.3 Å². The Labute approximate surface area is 207 Å². The number of amides is 1. The molecule has 2 N–H and O–H groups in total. The minimum atomic E-state index is -1.05. The number of aromatic amines is 1. The maximum absolute atomic E-state index is 13.5. The lowest BCUT2D eigenvalue weighted by molar-refractivity contribution is -0.141. The summed E-state index contributed by atoms with van der Waals surface area (Å²) in [4.78, 5) is 40.7. The molecular formula is C29H25N3O4. The van der Waals surface area contributed by atoms with E-state index < -0.39 is 17.9 Å². The van der Waals surface area contributed by atoms with Crippen LogP contribution in [0.2, 0.25) is 0 Å². The van der Waals surface area contributed by atoms with Crippen molar-refractivity contribution in [1.29, 1.82) is 0 Å². The monoisotopic (exact) mass is 479 g/mol. The third-order valence-corrected chi connectivity index (χ3v) is 6.42. The number of H-pyrrole nitrogens is 1. The third-order valence-electron chi connectivity index (χ3n) is 6.42. The smallest absolute Gasteiger partial charge is 0.303 e. The highest BCUT2D eigenvalue weighted by atomic mass is 16.4. The fourth-order valence-electron chi connectivity index (χ4n) is 4.74. The van der Waals surface area contributed by atoms with Crippen LogP contribution in [0, 0.1) is 6.92 Å². The number of nitrogens with one attached hydrogen (secondary N) is 1. The van der Waals surface area contributed by atoms with Gasteiger partial charge in [0.05, 0.1) is 23.7 Å². The van der Waals surface area contributed by atoms with Gasteiger partial charge in [-0.05, 0) is 30.2 Å². The Morgan fingerprint density at radius 1 is 0.972 bits per heavy atom. The molecule has 1 aliphatic heterocycles. The van der Waals surface area contributed by atoms with Crippen LogP contribution in [0.15, 0.2) is 88.8 Å². The number of hydrazone groups is 1. The molecule has 1 amide bonds. The lowest BCUT2D eigenvalue weighted by atomic mass is 9.90. The standard InChI is InChI=1S/C29H25N3O4/c1-18-12-13-22-21(16-18)27(20-10-6-3-7-11-20)28(29(36)30-22)23-17-24(19-8-4-2-5-9-19)32(31-23)25(33)14-15-26(34)35/h2-13,16,24H,14-15,17H2,1H3,(H,30,36)(H,34,35). The number of hydrogen-bond acceptors (Lipinski definition) is 4. The topological polar surface area (TPSA) is 103 Å². The second kappa shape index (κ2) is 9.62. The molecule has 2 heterocycles. The lowest BCUT2D eigenvalue weighted by Gasteiger charge is -2.21. The quantitative estimate of drug-likeness (QED) is 0.404. The number of aromatic nitrogens is 1. The Bertz CT molecular complexity index is 1540. The molecular weight excluding hydrogens is 454 g/mol. The number of aryl methyl sites for hydroxylation is 1. The lowest BCUT2D eigenvalue weighted by Crippen LogP contribution is -2.27. The van der Waals surface area contributed by atoms with E-state index in [-0.39, 0.29) is 18.4 Å². The number of nitrogens with zero attached hydrogens (tertiary/aromatic N) is 2. The summed E-state index contributed by atoms with van der Waals surface area (Å²) in [5.74, 6) is -1.44. The predicted octanol–water partition coefficient (Wildman–Crippen LogP) is 5.05. The Hall–Kier alpha value is -4.52. The Morgan fingerprint density at radius 2 is 1.67 bits per heavy atom. The molecule has 7 nitrogen and oxygen atoms in total. The summed E-state index contributed by atoms with van der Waals surface area (Å²) in [5, 5.41) is 16.0. The fourth-order valence-corrected chi connectivity index (χ4v) is 4.74. The fraction of sp³-hybridized carbons (Fsp3) is 0.172. The second-order valence-electron chi connectivity index (χ2n) is 8.93. The molecule has 7 heteroatoms. The van der Waals surface area contributed by atoms with Crippen LogP contribution in [-0.4, -0.2) is 32.7 Å². The minimum absolute atomic E-state index is 0.172. The van der Waals surface area contributed by atoms with Gasteiger partial charge in [0.15, 0.2) is 0 Å². The van der Waals surface area contributed by atoms with Crippen molar-refractivity contribution < 1.29 is 14.7 Å². The average molecular weight is 480 g/mol. The van der Waals surface area contributed by atoms with E-state index in [9.17, 15) is 14.4 Å². The van der Waals surface area contributed by atoms with Gasteiger partial charge in [-0.1, -0.05) is 72.3 Å². The van der Waals surface area contributed by atoms with Gasteiger partial charge in [0.2, 0.25) is 5.91 Å². The van der Waals surface area contributed by atoms with Crippen molar-refractivity contribution in [2.24, 2.45) is 5.10 Å². The maximum atomic E-state index is 13.5. The number of carboxylic acids is 1. The van der Waals surface area contributed by atoms with Gasteiger partial charge >= 0.3 is 5.97 Å². The van der Waals surface area contributed by atoms with E-state index in [1.54, 1.807) is 0 Å². The second-order valence-corrected chi connectivity index (χ2v) is 8.93. The van der Waals surface area contributed by atoms with Crippen LogP contribution in [0.3, 0.4) is 0 Å². The van der Waals surface area contributed by atoms with E-state index >= 15 is 0 Å². The molecule has 0 radical (unpaired) electrons. The SMILES string of the molecule is Cc1ccc2[nH]c(=O)c(C3=NN(C(=O)CCC(=O)O)C(c4ccccc4)C3)c(-c3ccccc3)c2c1. The average Bonchev–Trinajstić information content (AvgIpc) is 3.33. The van der Waals surface area contributed by atoms with E-state index in [1.807, 2.05) is 85.8 Å². The third kappa shape index (κ3) is 4.43. The number of aliphatic carboxylic acids is 1. The van der Waals surface area contributed by atoms with Gasteiger partial charge in [-0.3, -0.25) is 14.4 Å². The molecule has 3 aromatic carbocycles. The molecule has 0 saturated carbocycles. The van der Waals surface area contributed by atoms with Crippen molar-refractivity contribution in [2.45, 2.75) is 32.2 Å². The van der Waals surface area contributed by atoms with Crippen LogP contribution >= 0.6 is 0 Å². The van der Waals surface area contributed by atoms with Crippen LogP contribution in [0.5, 0.6) is 0 Å².